The summed E-state index contributed by atoms with van der Waals surface area (Å²) in [5.74, 6) is -0.000203. The van der Waals surface area contributed by atoms with Gasteiger partial charge in [0.15, 0.2) is 0 Å². The topological polar surface area (TPSA) is 135 Å². The predicted octanol–water partition coefficient (Wildman–Crippen LogP) is 4.99. The predicted molar refractivity (Wildman–Crippen MR) is 188 cm³/mol. The number of likely N-dealkylation sites (N-methyl/N-ethyl adjacent to an activating group) is 1. The zero-order valence-corrected chi connectivity index (χ0v) is 29.8. The number of anilines is 1. The van der Waals surface area contributed by atoms with Crippen LogP contribution in [0.15, 0.2) is 77.7 Å². The molecule has 0 bridgehead atoms. The number of amides is 2. The maximum absolute atomic E-state index is 14.4. The van der Waals surface area contributed by atoms with Crippen molar-refractivity contribution in [2.75, 3.05) is 45.8 Å². The van der Waals surface area contributed by atoms with Crippen molar-refractivity contribution in [3.05, 3.63) is 83.9 Å². The van der Waals surface area contributed by atoms with Crippen LogP contribution in [0.3, 0.4) is 0 Å². The molecule has 49 heavy (non-hydrogen) atoms. The molecule has 4 atom stereocenters. The molecule has 266 valence electrons. The Balaban J connectivity index is 1.62. The number of rotatable bonds is 10. The fourth-order valence-electron chi connectivity index (χ4n) is 5.73. The Hall–Kier alpha value is -3.97. The molecule has 0 saturated heterocycles. The maximum atomic E-state index is 14.4. The summed E-state index contributed by atoms with van der Waals surface area (Å²) in [5, 5.41) is 13.1. The standard InChI is InChI=1S/C37H49N3O8S/c1-26-23-40(27(2)25-41)37(43)33-22-30(38-36(42)21-29-12-7-6-8-13-29)14-19-34(33)48-28(3)11-9-10-20-47-35(26)24-39(4)49(44,45)32-17-15-31(46-5)16-18-32/h6-8,12-19,22,26-28,35,41H,9-11,20-21,23-25H2,1-5H3,(H,38,42)/t26-,27+,28-,35-/m1/s1. The van der Waals surface area contributed by atoms with E-state index >= 15 is 0 Å². The van der Waals surface area contributed by atoms with Gasteiger partial charge in [-0.25, -0.2) is 8.42 Å². The van der Waals surface area contributed by atoms with Crippen molar-refractivity contribution >= 4 is 27.5 Å². The molecular weight excluding hydrogens is 646 g/mol. The maximum Gasteiger partial charge on any atom is 0.258 e. The molecule has 12 heteroatoms. The van der Waals surface area contributed by atoms with Crippen molar-refractivity contribution in [2.45, 2.75) is 69.6 Å². The number of hydrogen-bond donors (Lipinski definition) is 2. The number of aliphatic hydroxyl groups excluding tert-OH is 1. The summed E-state index contributed by atoms with van der Waals surface area (Å²) in [4.78, 5) is 29.0. The van der Waals surface area contributed by atoms with E-state index in [0.29, 0.717) is 30.2 Å². The van der Waals surface area contributed by atoms with Crippen LogP contribution in [-0.2, 0) is 26.0 Å². The zero-order valence-electron chi connectivity index (χ0n) is 29.0. The monoisotopic (exact) mass is 695 g/mol. The van der Waals surface area contributed by atoms with E-state index in [9.17, 15) is 23.1 Å². The van der Waals surface area contributed by atoms with E-state index in [1.165, 1.54) is 30.6 Å². The highest BCUT2D eigenvalue weighted by molar-refractivity contribution is 7.89. The number of fused-ring (bicyclic) bond motifs is 1. The normalized spacial score (nSPS) is 20.1. The van der Waals surface area contributed by atoms with E-state index in [1.807, 2.05) is 44.2 Å². The molecule has 1 aliphatic rings. The largest absolute Gasteiger partial charge is 0.497 e. The summed E-state index contributed by atoms with van der Waals surface area (Å²) in [6.45, 7) is 5.93. The molecule has 3 aromatic carbocycles. The summed E-state index contributed by atoms with van der Waals surface area (Å²) in [7, 11) is -0.814. The van der Waals surface area contributed by atoms with Crippen molar-refractivity contribution < 1.29 is 37.3 Å². The van der Waals surface area contributed by atoms with Gasteiger partial charge in [-0.05, 0) is 81.1 Å². The number of hydrogen-bond acceptors (Lipinski definition) is 8. The number of sulfonamides is 1. The Morgan fingerprint density at radius 3 is 2.47 bits per heavy atom. The third-order valence-electron chi connectivity index (χ3n) is 8.75. The molecule has 0 unspecified atom stereocenters. The second kappa shape index (κ2) is 17.6. The number of nitrogens with one attached hydrogen (secondary N) is 1. The van der Waals surface area contributed by atoms with Gasteiger partial charge in [0.05, 0.1) is 48.8 Å². The summed E-state index contributed by atoms with van der Waals surface area (Å²) >= 11 is 0. The first-order valence-corrected chi connectivity index (χ1v) is 18.1. The van der Waals surface area contributed by atoms with Gasteiger partial charge in [-0.1, -0.05) is 37.3 Å². The molecule has 4 rings (SSSR count). The number of nitrogens with zero attached hydrogens (tertiary/aromatic N) is 2. The summed E-state index contributed by atoms with van der Waals surface area (Å²) in [6, 6.07) is 20.0. The van der Waals surface area contributed by atoms with E-state index in [4.69, 9.17) is 14.2 Å². The van der Waals surface area contributed by atoms with Crippen molar-refractivity contribution in [3.8, 4) is 11.5 Å². The van der Waals surface area contributed by atoms with E-state index in [-0.39, 0.29) is 60.4 Å². The Bertz CT molecular complexity index is 1640. The molecular formula is C37H49N3O8S. The van der Waals surface area contributed by atoms with Crippen molar-refractivity contribution in [1.29, 1.82) is 0 Å². The Kier molecular flexibility index (Phi) is 13.6. The first-order valence-electron chi connectivity index (χ1n) is 16.7. The lowest BCUT2D eigenvalue weighted by molar-refractivity contribution is -0.115. The lowest BCUT2D eigenvalue weighted by atomic mass is 10.0. The number of methoxy groups -OCH3 is 1. The Morgan fingerprint density at radius 1 is 1.08 bits per heavy atom. The summed E-state index contributed by atoms with van der Waals surface area (Å²) in [5.41, 5.74) is 1.56. The minimum atomic E-state index is -3.85. The smallest absolute Gasteiger partial charge is 0.258 e. The van der Waals surface area contributed by atoms with E-state index < -0.39 is 22.2 Å². The number of ether oxygens (including phenoxy) is 3. The second-order valence-electron chi connectivity index (χ2n) is 12.7. The Morgan fingerprint density at radius 2 is 1.80 bits per heavy atom. The molecule has 11 nitrogen and oxygen atoms in total. The quantitative estimate of drug-likeness (QED) is 0.303. The minimum absolute atomic E-state index is 0.0543. The molecule has 3 aromatic rings. The molecule has 2 N–H and O–H groups in total. The van der Waals surface area contributed by atoms with Gasteiger partial charge in [0.25, 0.3) is 5.91 Å². The molecule has 0 fully saturated rings. The van der Waals surface area contributed by atoms with E-state index in [2.05, 4.69) is 5.32 Å². The summed E-state index contributed by atoms with van der Waals surface area (Å²) < 4.78 is 46.1. The number of benzene rings is 3. The molecule has 1 heterocycles. The highest BCUT2D eigenvalue weighted by Crippen LogP contribution is 2.29. The third-order valence-corrected chi connectivity index (χ3v) is 10.6. The second-order valence-corrected chi connectivity index (χ2v) is 14.7. The molecule has 0 radical (unpaired) electrons. The highest BCUT2D eigenvalue weighted by atomic mass is 32.2. The molecule has 1 aliphatic heterocycles. The fourth-order valence-corrected chi connectivity index (χ4v) is 6.91. The van der Waals surface area contributed by atoms with Crippen LogP contribution in [0.25, 0.3) is 0 Å². The number of aliphatic hydroxyl groups is 1. The van der Waals surface area contributed by atoms with Gasteiger partial charge in [0, 0.05) is 38.3 Å². The van der Waals surface area contributed by atoms with Crippen molar-refractivity contribution in [1.82, 2.24) is 9.21 Å². The van der Waals surface area contributed by atoms with Crippen LogP contribution < -0.4 is 14.8 Å². The summed E-state index contributed by atoms with van der Waals surface area (Å²) in [6.07, 6.45) is 1.64. The van der Waals surface area contributed by atoms with Crippen LogP contribution in [0.1, 0.15) is 56.0 Å². The van der Waals surface area contributed by atoms with Crippen LogP contribution in [0.5, 0.6) is 11.5 Å². The first-order chi connectivity index (χ1) is 23.4. The molecule has 2 amide bonds. The molecule has 0 saturated carbocycles. The molecule has 0 aromatic heterocycles. The number of carbonyl (C=O) groups excluding carboxylic acids is 2. The van der Waals surface area contributed by atoms with Gasteiger partial charge in [0.2, 0.25) is 15.9 Å². The van der Waals surface area contributed by atoms with Crippen LogP contribution in [0, 0.1) is 5.92 Å². The van der Waals surface area contributed by atoms with Crippen LogP contribution in [0.4, 0.5) is 5.69 Å². The zero-order chi connectivity index (χ0) is 35.6. The van der Waals surface area contributed by atoms with Crippen molar-refractivity contribution in [2.24, 2.45) is 5.92 Å². The highest BCUT2D eigenvalue weighted by Gasteiger charge is 2.32. The van der Waals surface area contributed by atoms with Crippen molar-refractivity contribution in [3.63, 3.8) is 0 Å². The van der Waals surface area contributed by atoms with Gasteiger partial charge < -0.3 is 29.5 Å². The van der Waals surface area contributed by atoms with Gasteiger partial charge >= 0.3 is 0 Å². The molecule has 0 aliphatic carbocycles. The van der Waals surface area contributed by atoms with Gasteiger partial charge in [-0.15, -0.1) is 0 Å². The fraction of sp³-hybridized carbons (Fsp3) is 0.459. The van der Waals surface area contributed by atoms with Crippen LogP contribution in [0.2, 0.25) is 0 Å². The SMILES string of the molecule is COc1ccc(S(=O)(=O)N(C)C[C@H]2OCCCC[C@@H](C)Oc3ccc(NC(=O)Cc4ccccc4)cc3C(=O)N([C@@H](C)CO)C[C@H]2C)cc1. The molecule has 0 spiro atoms. The first kappa shape index (κ1) is 37.8. The number of carbonyl (C=O) groups is 2. The average Bonchev–Trinajstić information content (AvgIpc) is 3.09. The van der Waals surface area contributed by atoms with Gasteiger partial charge in [0.1, 0.15) is 11.5 Å². The van der Waals surface area contributed by atoms with E-state index in [0.717, 1.165) is 18.4 Å². The minimum Gasteiger partial charge on any atom is -0.497 e. The van der Waals surface area contributed by atoms with Gasteiger partial charge in [-0.3, -0.25) is 9.59 Å². The Labute approximate surface area is 290 Å². The van der Waals surface area contributed by atoms with Crippen LogP contribution in [-0.4, -0.2) is 93.3 Å². The average molecular weight is 696 g/mol. The van der Waals surface area contributed by atoms with Crippen LogP contribution >= 0.6 is 0 Å². The third kappa shape index (κ3) is 10.3. The van der Waals surface area contributed by atoms with Gasteiger partial charge in [-0.2, -0.15) is 4.31 Å². The lowest BCUT2D eigenvalue weighted by Gasteiger charge is -2.35. The van der Waals surface area contributed by atoms with E-state index in [1.54, 1.807) is 42.2 Å². The lowest BCUT2D eigenvalue weighted by Crippen LogP contribution is -2.48.